The molecule has 0 radical (unpaired) electrons. The Balaban J connectivity index is 2.86. The summed E-state index contributed by atoms with van der Waals surface area (Å²) >= 11 is 0. The highest BCUT2D eigenvalue weighted by atomic mass is 19.3. The van der Waals surface area contributed by atoms with Gasteiger partial charge >= 0.3 is 6.08 Å². The molecule has 0 bridgehead atoms. The molecule has 1 aliphatic heterocycles. The molecule has 1 fully saturated rings. The average molecular weight is 379 g/mol. The minimum atomic E-state index is -1.83. The van der Waals surface area contributed by atoms with Gasteiger partial charge in [-0.1, -0.05) is 47.0 Å². The largest absolute Gasteiger partial charge is 0.484 e. The van der Waals surface area contributed by atoms with E-state index in [0.29, 0.717) is 19.8 Å². The third-order valence-corrected chi connectivity index (χ3v) is 4.65. The van der Waals surface area contributed by atoms with Crippen LogP contribution < -0.4 is 0 Å². The Bertz CT molecular complexity index is 399. The highest BCUT2D eigenvalue weighted by molar-refractivity contribution is 5.10. The summed E-state index contributed by atoms with van der Waals surface area (Å²) in [6.45, 7) is 10.00. The maximum atomic E-state index is 13.6. The van der Waals surface area contributed by atoms with Gasteiger partial charge in [0.1, 0.15) is 12.2 Å². The second-order valence-corrected chi connectivity index (χ2v) is 6.90. The third-order valence-electron chi connectivity index (χ3n) is 4.65. The third kappa shape index (κ3) is 7.49. The van der Waals surface area contributed by atoms with Crippen LogP contribution in [0.25, 0.3) is 0 Å². The van der Waals surface area contributed by atoms with Crippen molar-refractivity contribution in [3.05, 3.63) is 11.8 Å². The average Bonchev–Trinajstić information content (AvgIpc) is 2.62. The van der Waals surface area contributed by atoms with Gasteiger partial charge in [0.25, 0.3) is 0 Å². The molecule has 1 heterocycles. The van der Waals surface area contributed by atoms with E-state index in [2.05, 4.69) is 13.8 Å². The van der Waals surface area contributed by atoms with Crippen LogP contribution in [0, 0.1) is 5.92 Å². The zero-order valence-corrected chi connectivity index (χ0v) is 16.8. The first-order valence-corrected chi connectivity index (χ1v) is 10.1. The van der Waals surface area contributed by atoms with Crippen LogP contribution in [0.5, 0.6) is 0 Å². The molecule has 0 unspecified atom stereocenters. The Hall–Kier alpha value is -0.720. The Morgan fingerprint density at radius 2 is 1.50 bits per heavy atom. The minimum absolute atomic E-state index is 0.0943. The van der Waals surface area contributed by atoms with Gasteiger partial charge in [-0.2, -0.15) is 8.78 Å². The molecule has 1 aliphatic rings. The summed E-state index contributed by atoms with van der Waals surface area (Å²) < 4.78 is 50.1. The molecular weight excluding hydrogens is 342 g/mol. The van der Waals surface area contributed by atoms with Crippen LogP contribution in [-0.2, 0) is 18.9 Å². The molecule has 6 heteroatoms. The predicted octanol–water partition coefficient (Wildman–Crippen LogP) is 5.32. The summed E-state index contributed by atoms with van der Waals surface area (Å²) in [5.41, 5.74) is 0. The number of halogens is 2. The van der Waals surface area contributed by atoms with Crippen LogP contribution in [0.15, 0.2) is 11.8 Å². The highest BCUT2D eigenvalue weighted by Gasteiger charge is 2.45. The van der Waals surface area contributed by atoms with E-state index in [1.165, 1.54) is 0 Å². The minimum Gasteiger partial charge on any atom is -0.484 e. The van der Waals surface area contributed by atoms with E-state index in [4.69, 9.17) is 18.9 Å². The van der Waals surface area contributed by atoms with Crippen molar-refractivity contribution >= 4 is 0 Å². The molecule has 0 amide bonds. The summed E-state index contributed by atoms with van der Waals surface area (Å²) in [5.74, 6) is -0.479. The Morgan fingerprint density at radius 1 is 0.923 bits per heavy atom. The molecule has 0 N–H and O–H groups in total. The van der Waals surface area contributed by atoms with Crippen molar-refractivity contribution in [2.75, 3.05) is 26.4 Å². The zero-order valence-electron chi connectivity index (χ0n) is 16.8. The van der Waals surface area contributed by atoms with Gasteiger partial charge < -0.3 is 18.9 Å². The van der Waals surface area contributed by atoms with Crippen LogP contribution in [0.1, 0.15) is 66.2 Å². The predicted molar refractivity (Wildman–Crippen MR) is 98.3 cm³/mol. The van der Waals surface area contributed by atoms with Crippen molar-refractivity contribution in [1.29, 1.82) is 0 Å². The lowest BCUT2D eigenvalue weighted by Crippen LogP contribution is -2.51. The first-order chi connectivity index (χ1) is 12.6. The maximum Gasteiger partial charge on any atom is 0.310 e. The van der Waals surface area contributed by atoms with Crippen LogP contribution in [0.3, 0.4) is 0 Å². The van der Waals surface area contributed by atoms with Gasteiger partial charge in [0, 0.05) is 25.7 Å². The van der Waals surface area contributed by atoms with Gasteiger partial charge in [0.2, 0.25) is 0 Å². The quantitative estimate of drug-likeness (QED) is 0.407. The van der Waals surface area contributed by atoms with Crippen LogP contribution in [0.2, 0.25) is 0 Å². The second kappa shape index (κ2) is 13.4. The monoisotopic (exact) mass is 378 g/mol. The summed E-state index contributed by atoms with van der Waals surface area (Å²) in [6, 6.07) is 0. The molecule has 4 atom stereocenters. The molecule has 154 valence electrons. The van der Waals surface area contributed by atoms with Gasteiger partial charge in [0.15, 0.2) is 5.76 Å². The molecule has 1 saturated heterocycles. The maximum absolute atomic E-state index is 13.6. The van der Waals surface area contributed by atoms with Crippen molar-refractivity contribution in [3.8, 4) is 0 Å². The van der Waals surface area contributed by atoms with E-state index in [9.17, 15) is 8.78 Å². The molecule has 0 saturated carbocycles. The molecule has 4 nitrogen and oxygen atoms in total. The molecule has 0 spiro atoms. The number of hydrogen-bond donors (Lipinski definition) is 0. The Labute approximate surface area is 157 Å². The summed E-state index contributed by atoms with van der Waals surface area (Å²) in [5, 5.41) is 0. The standard InChI is InChI=1S/C20H36F2O4/c1-5-8-11-23-14-16-15(4)17(24-12-9-6-2)18(25-13-10-7-3)19(26-16)20(21)22/h15-18H,5-14H2,1-4H3/t15-,16-,17+,18-/m1/s1. The van der Waals surface area contributed by atoms with Crippen LogP contribution in [0.4, 0.5) is 8.78 Å². The summed E-state index contributed by atoms with van der Waals surface area (Å²) in [6.07, 6.45) is 2.01. The number of rotatable bonds is 13. The van der Waals surface area contributed by atoms with E-state index in [1.807, 2.05) is 13.8 Å². The Morgan fingerprint density at radius 3 is 2.08 bits per heavy atom. The van der Waals surface area contributed by atoms with Crippen molar-refractivity contribution in [1.82, 2.24) is 0 Å². The van der Waals surface area contributed by atoms with Gasteiger partial charge in [-0.25, -0.2) is 0 Å². The molecule has 1 rings (SSSR count). The van der Waals surface area contributed by atoms with Gasteiger partial charge in [-0.15, -0.1) is 0 Å². The first kappa shape index (κ1) is 23.3. The molecule has 0 aromatic heterocycles. The van der Waals surface area contributed by atoms with Gasteiger partial charge in [-0.05, 0) is 19.3 Å². The van der Waals surface area contributed by atoms with Gasteiger partial charge in [-0.3, -0.25) is 0 Å². The van der Waals surface area contributed by atoms with Crippen molar-refractivity contribution in [2.45, 2.75) is 84.5 Å². The second-order valence-electron chi connectivity index (χ2n) is 6.90. The molecule has 0 aromatic carbocycles. The summed E-state index contributed by atoms with van der Waals surface area (Å²) in [4.78, 5) is 0. The van der Waals surface area contributed by atoms with E-state index in [0.717, 1.165) is 38.5 Å². The smallest absolute Gasteiger partial charge is 0.310 e. The first-order valence-electron chi connectivity index (χ1n) is 10.1. The molecule has 0 aliphatic carbocycles. The zero-order chi connectivity index (χ0) is 19.4. The molecular formula is C20H36F2O4. The van der Waals surface area contributed by atoms with E-state index < -0.39 is 24.4 Å². The normalized spacial score (nSPS) is 26.0. The fraction of sp³-hybridized carbons (Fsp3) is 0.900. The SMILES string of the molecule is CCCCOC[C@H]1OC(=C(F)F)[C@H](OCCCC)[C@@H](OCCCC)[C@@H]1C. The van der Waals surface area contributed by atoms with Crippen LogP contribution >= 0.6 is 0 Å². The fourth-order valence-corrected chi connectivity index (χ4v) is 2.89. The lowest BCUT2D eigenvalue weighted by atomic mass is 9.90. The number of hydrogen-bond acceptors (Lipinski definition) is 4. The number of ether oxygens (including phenoxy) is 4. The van der Waals surface area contributed by atoms with Crippen molar-refractivity contribution < 1.29 is 27.7 Å². The molecule has 0 aromatic rings. The lowest BCUT2D eigenvalue weighted by molar-refractivity contribution is -0.174. The number of unbranched alkanes of at least 4 members (excludes halogenated alkanes) is 3. The lowest BCUT2D eigenvalue weighted by Gasteiger charge is -2.42. The van der Waals surface area contributed by atoms with E-state index >= 15 is 0 Å². The Kier molecular flexibility index (Phi) is 12.1. The highest BCUT2D eigenvalue weighted by Crippen LogP contribution is 2.35. The summed E-state index contributed by atoms with van der Waals surface area (Å²) in [7, 11) is 0. The molecule has 26 heavy (non-hydrogen) atoms. The van der Waals surface area contributed by atoms with Gasteiger partial charge in [0.05, 0.1) is 12.7 Å². The van der Waals surface area contributed by atoms with Crippen LogP contribution in [-0.4, -0.2) is 44.7 Å². The topological polar surface area (TPSA) is 36.9 Å². The van der Waals surface area contributed by atoms with Crippen molar-refractivity contribution in [2.24, 2.45) is 5.92 Å². The van der Waals surface area contributed by atoms with Crippen molar-refractivity contribution in [3.63, 3.8) is 0 Å². The fourth-order valence-electron chi connectivity index (χ4n) is 2.89. The van der Waals surface area contributed by atoms with E-state index in [-0.39, 0.29) is 18.3 Å². The van der Waals surface area contributed by atoms with E-state index in [1.54, 1.807) is 0 Å².